The first-order chi connectivity index (χ1) is 12.0. The smallest absolute Gasteiger partial charge is 0.167 e. The minimum absolute atomic E-state index is 0.250. The van der Waals surface area contributed by atoms with Crippen molar-refractivity contribution in [3.05, 3.63) is 71.8 Å². The van der Waals surface area contributed by atoms with Crippen LogP contribution in [0.4, 0.5) is 0 Å². The summed E-state index contributed by atoms with van der Waals surface area (Å²) in [5, 5.41) is 19.3. The number of ether oxygens (including phenoxy) is 1. The second-order valence-electron chi connectivity index (χ2n) is 5.88. The van der Waals surface area contributed by atoms with Crippen molar-refractivity contribution in [3.8, 4) is 17.2 Å². The van der Waals surface area contributed by atoms with Crippen LogP contribution < -0.4 is 4.74 Å². The van der Waals surface area contributed by atoms with Gasteiger partial charge in [-0.05, 0) is 73.5 Å². The molecule has 0 radical (unpaired) electrons. The number of rotatable bonds is 4. The number of aryl methyl sites for hydroxylation is 2. The predicted molar refractivity (Wildman–Crippen MR) is 101 cm³/mol. The van der Waals surface area contributed by atoms with E-state index in [2.05, 4.69) is 12.1 Å². The fraction of sp³-hybridized carbons (Fsp3) is 0.143. The molecule has 0 aliphatic rings. The van der Waals surface area contributed by atoms with E-state index >= 15 is 0 Å². The highest BCUT2D eigenvalue weighted by Crippen LogP contribution is 2.36. The predicted octanol–water partition coefficient (Wildman–Crippen LogP) is 4.82. The lowest BCUT2D eigenvalue weighted by atomic mass is 10.1. The molecule has 4 heteroatoms. The fourth-order valence-corrected chi connectivity index (χ4v) is 5.15. The average molecular weight is 353 g/mol. The quantitative estimate of drug-likeness (QED) is 0.661. The van der Waals surface area contributed by atoms with Crippen molar-refractivity contribution in [2.24, 2.45) is 0 Å². The molecule has 3 nitrogen and oxygen atoms in total. The Morgan fingerprint density at radius 3 is 1.44 bits per heavy atom. The molecule has 0 saturated carbocycles. The largest absolute Gasteiger partial charge is 0.508 e. The van der Waals surface area contributed by atoms with Gasteiger partial charge in [0, 0.05) is 12.1 Å². The van der Waals surface area contributed by atoms with E-state index in [1.807, 2.05) is 38.1 Å². The van der Waals surface area contributed by atoms with Gasteiger partial charge in [0.05, 0.1) is 18.0 Å². The van der Waals surface area contributed by atoms with E-state index in [9.17, 15) is 10.2 Å². The summed E-state index contributed by atoms with van der Waals surface area (Å²) in [6.45, 7) is 4.09. The molecule has 3 aromatic carbocycles. The van der Waals surface area contributed by atoms with Crippen molar-refractivity contribution >= 4 is 10.9 Å². The number of phenols is 2. The molecule has 2 N–H and O–H groups in total. The molecule has 3 aromatic rings. The molecule has 3 rings (SSSR count). The number of methoxy groups -OCH3 is 1. The third-order valence-electron chi connectivity index (χ3n) is 4.02. The summed E-state index contributed by atoms with van der Waals surface area (Å²) in [4.78, 5) is 3.38. The summed E-state index contributed by atoms with van der Waals surface area (Å²) < 4.78 is 5.49. The molecule has 0 atom stereocenters. The van der Waals surface area contributed by atoms with Gasteiger partial charge < -0.3 is 14.9 Å². The molecule has 0 fully saturated rings. The maximum Gasteiger partial charge on any atom is 0.167 e. The molecule has 0 spiro atoms. The zero-order valence-electron chi connectivity index (χ0n) is 14.5. The molecule has 0 aromatic heterocycles. The normalized spacial score (nSPS) is 10.9. The molecule has 0 unspecified atom stereocenters. The Labute approximate surface area is 150 Å². The van der Waals surface area contributed by atoms with Gasteiger partial charge in [-0.25, -0.2) is 0 Å². The van der Waals surface area contributed by atoms with Gasteiger partial charge >= 0.3 is 0 Å². The van der Waals surface area contributed by atoms with Crippen LogP contribution in [0.2, 0.25) is 0 Å². The van der Waals surface area contributed by atoms with Crippen LogP contribution in [0.15, 0.2) is 75.4 Å². The Morgan fingerprint density at radius 2 is 1.08 bits per heavy atom. The molecule has 0 bridgehead atoms. The lowest BCUT2D eigenvalue weighted by Gasteiger charge is -2.13. The zero-order chi connectivity index (χ0) is 18.0. The van der Waals surface area contributed by atoms with Gasteiger partial charge in [-0.3, -0.25) is 0 Å². The van der Waals surface area contributed by atoms with Crippen LogP contribution in [0.5, 0.6) is 17.2 Å². The second-order valence-corrected chi connectivity index (χ2v) is 7.91. The number of benzene rings is 3. The number of hydrogen-bond acceptors (Lipinski definition) is 3. The first-order valence-electron chi connectivity index (χ1n) is 7.97. The second kappa shape index (κ2) is 7.11. The van der Waals surface area contributed by atoms with Crippen molar-refractivity contribution in [3.63, 3.8) is 0 Å². The Kier molecular flexibility index (Phi) is 4.91. The van der Waals surface area contributed by atoms with Crippen LogP contribution in [0.3, 0.4) is 0 Å². The number of phenolic OH excluding ortho intramolecular Hbond substituents is 2. The van der Waals surface area contributed by atoms with E-state index in [1.165, 1.54) is 4.90 Å². The van der Waals surface area contributed by atoms with Crippen LogP contribution in [-0.4, -0.2) is 17.3 Å². The topological polar surface area (TPSA) is 49.7 Å². The highest BCUT2D eigenvalue weighted by molar-refractivity contribution is 7.97. The van der Waals surface area contributed by atoms with Gasteiger partial charge in [-0.15, -0.1) is 0 Å². The van der Waals surface area contributed by atoms with E-state index in [-0.39, 0.29) is 22.4 Å². The third kappa shape index (κ3) is 3.59. The highest BCUT2D eigenvalue weighted by Gasteiger charge is 2.30. The van der Waals surface area contributed by atoms with Crippen molar-refractivity contribution in [1.29, 1.82) is 0 Å². The van der Waals surface area contributed by atoms with Gasteiger partial charge in [0.2, 0.25) is 0 Å². The molecule has 0 aliphatic carbocycles. The van der Waals surface area contributed by atoms with Crippen LogP contribution in [0.1, 0.15) is 11.1 Å². The van der Waals surface area contributed by atoms with Crippen LogP contribution >= 0.6 is 0 Å². The van der Waals surface area contributed by atoms with E-state index in [4.69, 9.17) is 4.74 Å². The van der Waals surface area contributed by atoms with Crippen molar-refractivity contribution in [2.45, 2.75) is 28.5 Å². The molecular weight excluding hydrogens is 332 g/mol. The number of aromatic hydroxyl groups is 2. The van der Waals surface area contributed by atoms with E-state index < -0.39 is 0 Å². The molecule has 0 aliphatic heterocycles. The first-order valence-corrected chi connectivity index (χ1v) is 9.19. The van der Waals surface area contributed by atoms with Crippen molar-refractivity contribution in [2.75, 3.05) is 7.11 Å². The Hall–Kier alpha value is -2.59. The standard InChI is InChI=1S/C21H20O3S/c1-14-12-20(13-15(2)21(14)24-3)25(18-8-4-16(22)5-9-18)19-10-6-17(23)7-11-19/h4-13H,1-3H3,(H-,22,23)/p+1. The Bertz CT molecular complexity index is 802. The van der Waals surface area contributed by atoms with E-state index in [0.29, 0.717) is 0 Å². The zero-order valence-corrected chi connectivity index (χ0v) is 15.3. The lowest BCUT2D eigenvalue weighted by Crippen LogP contribution is -2.06. The van der Waals surface area contributed by atoms with Crippen molar-refractivity contribution in [1.82, 2.24) is 0 Å². The van der Waals surface area contributed by atoms with Crippen LogP contribution in [-0.2, 0) is 10.9 Å². The summed E-state index contributed by atoms with van der Waals surface area (Å²) in [6.07, 6.45) is 0. The minimum Gasteiger partial charge on any atom is -0.508 e. The molecule has 128 valence electrons. The van der Waals surface area contributed by atoms with Crippen LogP contribution in [0, 0.1) is 13.8 Å². The van der Waals surface area contributed by atoms with Crippen molar-refractivity contribution < 1.29 is 14.9 Å². The number of hydrogen-bond donors (Lipinski definition) is 2. The molecular formula is C21H21O3S+. The summed E-state index contributed by atoms with van der Waals surface area (Å²) in [6, 6.07) is 18.9. The Balaban J connectivity index is 2.17. The first kappa shape index (κ1) is 17.2. The fourth-order valence-electron chi connectivity index (χ4n) is 2.92. The summed E-state index contributed by atoms with van der Waals surface area (Å²) in [5.74, 6) is 1.41. The van der Waals surface area contributed by atoms with Gasteiger partial charge in [0.25, 0.3) is 0 Å². The highest BCUT2D eigenvalue weighted by atomic mass is 32.2. The van der Waals surface area contributed by atoms with E-state index in [1.54, 1.807) is 31.4 Å². The molecule has 0 heterocycles. The third-order valence-corrected chi connectivity index (χ3v) is 6.21. The summed E-state index contributed by atoms with van der Waals surface area (Å²) in [7, 11) is 1.35. The van der Waals surface area contributed by atoms with E-state index in [0.717, 1.165) is 26.7 Å². The average Bonchev–Trinajstić information content (AvgIpc) is 2.58. The minimum atomic E-state index is -0.340. The van der Waals surface area contributed by atoms with Gasteiger partial charge in [0.15, 0.2) is 14.7 Å². The van der Waals surface area contributed by atoms with Gasteiger partial charge in [0.1, 0.15) is 17.2 Å². The Morgan fingerprint density at radius 1 is 0.680 bits per heavy atom. The maximum absolute atomic E-state index is 9.63. The van der Waals surface area contributed by atoms with Gasteiger partial charge in [-0.2, -0.15) is 0 Å². The SMILES string of the molecule is COc1c(C)cc([S+](c2ccc(O)cc2)c2ccc(O)cc2)cc1C. The lowest BCUT2D eigenvalue weighted by molar-refractivity contribution is 0.408. The summed E-state index contributed by atoms with van der Waals surface area (Å²) >= 11 is 0. The van der Waals surface area contributed by atoms with Crippen LogP contribution in [0.25, 0.3) is 0 Å². The molecule has 25 heavy (non-hydrogen) atoms. The maximum atomic E-state index is 9.63. The molecule has 0 amide bonds. The summed E-state index contributed by atoms with van der Waals surface area (Å²) in [5.41, 5.74) is 2.18. The molecule has 0 saturated heterocycles. The monoisotopic (exact) mass is 353 g/mol. The van der Waals surface area contributed by atoms with Gasteiger partial charge in [-0.1, -0.05) is 0 Å².